The topological polar surface area (TPSA) is 157 Å². The quantitative estimate of drug-likeness (QED) is 0.0717. The Morgan fingerprint density at radius 2 is 2.17 bits per heavy atom. The van der Waals surface area contributed by atoms with E-state index in [0.29, 0.717) is 17.7 Å². The van der Waals surface area contributed by atoms with Crippen LogP contribution in [-0.2, 0) is 30.6 Å². The monoisotopic (exact) mass is 526 g/mol. The normalized spacial score (nSPS) is 19.0. The lowest BCUT2D eigenvalue weighted by Crippen LogP contribution is -2.71. The predicted octanol–water partition coefficient (Wildman–Crippen LogP) is -1.54. The van der Waals surface area contributed by atoms with Crippen molar-refractivity contribution >= 4 is 58.1 Å². The molecule has 1 saturated heterocycles. The molecule has 2 aliphatic rings. The summed E-state index contributed by atoms with van der Waals surface area (Å²) < 4.78 is 1.79. The molecule has 36 heavy (non-hydrogen) atoms. The first-order chi connectivity index (χ1) is 17.4. The summed E-state index contributed by atoms with van der Waals surface area (Å²) in [5.41, 5.74) is 0.162. The molecular weight excluding hydrogens is 508 g/mol. The first-order valence-corrected chi connectivity index (χ1v) is 12.3. The molecule has 1 fully saturated rings. The van der Waals surface area contributed by atoms with E-state index >= 15 is 0 Å². The average molecular weight is 527 g/mol. The number of hydrogen-bond donors (Lipinski definition) is 2. The molecule has 12 nitrogen and oxygen atoms in total. The smallest absolute Gasteiger partial charge is 0.276 e. The van der Waals surface area contributed by atoms with Crippen LogP contribution < -0.4 is 20.3 Å². The summed E-state index contributed by atoms with van der Waals surface area (Å²) in [7, 11) is 0. The van der Waals surface area contributed by atoms with Crippen LogP contribution in [0.5, 0.6) is 0 Å². The molecule has 2 aromatic rings. The van der Waals surface area contributed by atoms with Crippen molar-refractivity contribution in [2.75, 3.05) is 17.7 Å². The van der Waals surface area contributed by atoms with Gasteiger partial charge in [-0.25, -0.2) is 9.55 Å². The van der Waals surface area contributed by atoms with Crippen LogP contribution in [-0.4, -0.2) is 63.6 Å². The number of β-lactam (4-membered cyclic amide) rings is 1. The minimum atomic E-state index is -1.47. The van der Waals surface area contributed by atoms with E-state index in [1.807, 2.05) is 18.2 Å². The van der Waals surface area contributed by atoms with Crippen molar-refractivity contribution in [3.05, 3.63) is 52.9 Å². The lowest BCUT2D eigenvalue weighted by Gasteiger charge is -2.50. The van der Waals surface area contributed by atoms with E-state index < -0.39 is 29.2 Å². The molecule has 0 radical (unpaired) electrons. The minimum Gasteiger partial charge on any atom is -0.543 e. The number of thioether (sulfide) groups is 1. The highest BCUT2D eigenvalue weighted by Gasteiger charge is 2.53. The zero-order chi connectivity index (χ0) is 25.7. The highest BCUT2D eigenvalue weighted by atomic mass is 32.2. The van der Waals surface area contributed by atoms with Crippen molar-refractivity contribution in [2.45, 2.75) is 18.0 Å². The van der Waals surface area contributed by atoms with Gasteiger partial charge in [0.2, 0.25) is 6.41 Å². The molecule has 2 aromatic heterocycles. The Balaban J connectivity index is 1.53. The fraction of sp³-hybridized carbons (Fsp3) is 0.227. The van der Waals surface area contributed by atoms with E-state index in [1.165, 1.54) is 17.1 Å². The molecule has 2 aliphatic heterocycles. The summed E-state index contributed by atoms with van der Waals surface area (Å²) in [6.45, 7) is 0.0614. The van der Waals surface area contributed by atoms with Crippen molar-refractivity contribution < 1.29 is 33.7 Å². The summed E-state index contributed by atoms with van der Waals surface area (Å²) in [5.74, 6) is -0.303. The number of amides is 3. The molecule has 14 heteroatoms. The van der Waals surface area contributed by atoms with Gasteiger partial charge in [-0.15, -0.1) is 29.5 Å². The zero-order valence-corrected chi connectivity index (χ0v) is 20.1. The SMILES string of the molecule is C#CCO/N=C(/C(=O)NC1C(=O)N2C(C(=O)[O-])=C(C[n+]3ccccc3)CS[C@H]12)c1csc(NC=O)n1. The van der Waals surface area contributed by atoms with E-state index in [1.54, 1.807) is 17.0 Å². The van der Waals surface area contributed by atoms with E-state index in [9.17, 15) is 24.3 Å². The molecule has 4 rings (SSSR count). The van der Waals surface area contributed by atoms with E-state index in [0.717, 1.165) is 16.2 Å². The summed E-state index contributed by atoms with van der Waals surface area (Å²) in [6, 6.07) is 4.45. The number of pyridine rings is 1. The number of terminal acetylenes is 1. The Kier molecular flexibility index (Phi) is 7.62. The molecule has 2 atom stereocenters. The van der Waals surface area contributed by atoms with Gasteiger partial charge in [-0.1, -0.05) is 17.1 Å². The number of aliphatic carboxylic acids is 1. The highest BCUT2D eigenvalue weighted by Crippen LogP contribution is 2.40. The van der Waals surface area contributed by atoms with E-state index in [4.69, 9.17) is 11.3 Å². The number of nitrogens with one attached hydrogen (secondary N) is 2. The van der Waals surface area contributed by atoms with Gasteiger partial charge in [0.1, 0.15) is 17.1 Å². The van der Waals surface area contributed by atoms with Crippen LogP contribution >= 0.6 is 23.1 Å². The van der Waals surface area contributed by atoms with Gasteiger partial charge < -0.3 is 25.4 Å². The van der Waals surface area contributed by atoms with Crippen LogP contribution in [0.1, 0.15) is 5.69 Å². The number of hydrogen-bond acceptors (Lipinski definition) is 10. The number of carboxylic acids is 1. The van der Waals surface area contributed by atoms with Gasteiger partial charge >= 0.3 is 0 Å². The number of rotatable bonds is 10. The fourth-order valence-electron chi connectivity index (χ4n) is 3.60. The number of anilines is 1. The standard InChI is InChI=1S/C22H18N6O6S2/c1-2-8-34-26-15(14-11-36-22(24-14)23-12-29)18(30)25-16-19(31)28-17(21(32)33)13(10-35-20(16)28)9-27-6-4-3-5-7-27/h1,3-7,11-12,16,20H,8-10H2,(H2-,23,24,25,29,30,32,33)/b26-15+/t16?,20-/m1/s1. The summed E-state index contributed by atoms with van der Waals surface area (Å²) in [4.78, 5) is 58.8. The number of carboxylic acid groups (broad SMARTS) is 1. The Hall–Kier alpha value is -4.22. The summed E-state index contributed by atoms with van der Waals surface area (Å²) in [6.07, 6.45) is 9.16. The number of fused-ring (bicyclic) bond motifs is 1. The van der Waals surface area contributed by atoms with E-state index in [-0.39, 0.29) is 35.4 Å². The van der Waals surface area contributed by atoms with Crippen LogP contribution in [0, 0.1) is 12.3 Å². The average Bonchev–Trinajstić information content (AvgIpc) is 3.33. The maximum Gasteiger partial charge on any atom is 0.276 e. The molecule has 0 bridgehead atoms. The van der Waals surface area contributed by atoms with Crippen LogP contribution in [0.25, 0.3) is 0 Å². The van der Waals surface area contributed by atoms with Gasteiger partial charge in [-0.2, -0.15) is 0 Å². The van der Waals surface area contributed by atoms with Crippen molar-refractivity contribution in [3.63, 3.8) is 0 Å². The summed E-state index contributed by atoms with van der Waals surface area (Å²) in [5, 5.41) is 21.7. The fourth-order valence-corrected chi connectivity index (χ4v) is 5.59. The van der Waals surface area contributed by atoms with Crippen molar-refractivity contribution in [3.8, 4) is 12.3 Å². The van der Waals surface area contributed by atoms with Crippen LogP contribution in [0.4, 0.5) is 5.13 Å². The van der Waals surface area contributed by atoms with Crippen LogP contribution in [0.2, 0.25) is 0 Å². The molecule has 1 unspecified atom stereocenters. The van der Waals surface area contributed by atoms with Gasteiger partial charge in [0.25, 0.3) is 11.8 Å². The Morgan fingerprint density at radius 3 is 2.86 bits per heavy atom. The Morgan fingerprint density at radius 1 is 1.39 bits per heavy atom. The maximum absolute atomic E-state index is 13.0. The van der Waals surface area contributed by atoms with Gasteiger partial charge in [-0.05, 0) is 0 Å². The Labute approximate surface area is 213 Å². The minimum absolute atomic E-state index is 0.0938. The molecule has 0 saturated carbocycles. The molecule has 3 amide bonds. The molecule has 184 valence electrons. The summed E-state index contributed by atoms with van der Waals surface area (Å²) >= 11 is 2.37. The molecule has 4 heterocycles. The van der Waals surface area contributed by atoms with Crippen LogP contribution in [0.15, 0.2) is 52.4 Å². The second-order valence-electron chi connectivity index (χ2n) is 7.37. The lowest BCUT2D eigenvalue weighted by molar-refractivity contribution is -0.689. The van der Waals surface area contributed by atoms with Gasteiger partial charge in [0, 0.05) is 28.8 Å². The molecule has 0 aliphatic carbocycles. The first-order valence-electron chi connectivity index (χ1n) is 10.4. The number of carbonyl (C=O) groups excluding carboxylic acids is 4. The van der Waals surface area contributed by atoms with Crippen molar-refractivity contribution in [1.29, 1.82) is 0 Å². The third-order valence-corrected chi connectivity index (χ3v) is 7.24. The van der Waals surface area contributed by atoms with Crippen LogP contribution in [0.3, 0.4) is 0 Å². The number of oxime groups is 1. The molecule has 0 spiro atoms. The van der Waals surface area contributed by atoms with Crippen molar-refractivity contribution in [2.24, 2.45) is 5.16 Å². The van der Waals surface area contributed by atoms with E-state index in [2.05, 4.69) is 26.7 Å². The lowest BCUT2D eigenvalue weighted by atomic mass is 10.0. The molecular formula is C22H18N6O6S2. The first kappa shape index (κ1) is 24.9. The third kappa shape index (κ3) is 5.07. The van der Waals surface area contributed by atoms with Gasteiger partial charge in [-0.3, -0.25) is 19.3 Å². The Bertz CT molecular complexity index is 1300. The molecule has 0 aromatic carbocycles. The van der Waals surface area contributed by atoms with Gasteiger partial charge in [0.15, 0.2) is 36.4 Å². The third-order valence-electron chi connectivity index (χ3n) is 5.13. The number of thiazole rings is 1. The predicted molar refractivity (Wildman–Crippen MR) is 127 cm³/mol. The maximum atomic E-state index is 13.0. The second-order valence-corrected chi connectivity index (χ2v) is 9.33. The van der Waals surface area contributed by atoms with Crippen molar-refractivity contribution in [1.82, 2.24) is 15.2 Å². The van der Waals surface area contributed by atoms with Gasteiger partial charge in [0.05, 0.1) is 11.7 Å². The largest absolute Gasteiger partial charge is 0.543 e. The second kappa shape index (κ2) is 11.0. The highest BCUT2D eigenvalue weighted by molar-refractivity contribution is 8.00. The number of aromatic nitrogens is 2. The molecule has 2 N–H and O–H groups in total. The zero-order valence-electron chi connectivity index (χ0n) is 18.4. The number of nitrogens with zero attached hydrogens (tertiary/aromatic N) is 4. The number of carbonyl (C=O) groups is 4.